The third-order valence-electron chi connectivity index (χ3n) is 0.524. The highest BCUT2D eigenvalue weighted by atomic mass is 16.2. The van der Waals surface area contributed by atoms with E-state index in [2.05, 4.69) is 4.99 Å². The maximum atomic E-state index is 10.2. The van der Waals surface area contributed by atoms with Crippen LogP contribution in [0.1, 0.15) is 0 Å². The molecule has 0 aromatic rings. The standard InChI is InChI=1S/C4H6N2O2/c1-6(2)4(8)5-3-7/h1-2H3. The zero-order valence-corrected chi connectivity index (χ0v) is 4.71. The van der Waals surface area contributed by atoms with Crippen molar-refractivity contribution in [3.63, 3.8) is 0 Å². The summed E-state index contributed by atoms with van der Waals surface area (Å²) in [6.45, 7) is 0. The summed E-state index contributed by atoms with van der Waals surface area (Å²) < 4.78 is 0. The fraction of sp³-hybridized carbons (Fsp3) is 0.500. The first-order valence-corrected chi connectivity index (χ1v) is 1.97. The van der Waals surface area contributed by atoms with Gasteiger partial charge >= 0.3 is 6.03 Å². The number of carbonyl (C=O) groups is 1. The van der Waals surface area contributed by atoms with Gasteiger partial charge in [-0.1, -0.05) is 0 Å². The molecule has 0 spiro atoms. The van der Waals surface area contributed by atoms with Crippen molar-refractivity contribution in [1.29, 1.82) is 0 Å². The Balaban J connectivity index is 3.84. The van der Waals surface area contributed by atoms with Crippen molar-refractivity contribution < 1.29 is 9.59 Å². The molecule has 0 rings (SSSR count). The molecular formula is C4H6N2O2. The third kappa shape index (κ3) is 2.10. The zero-order valence-electron chi connectivity index (χ0n) is 4.71. The first-order chi connectivity index (χ1) is 3.68. The van der Waals surface area contributed by atoms with Crippen LogP contribution < -0.4 is 0 Å². The van der Waals surface area contributed by atoms with E-state index in [-0.39, 0.29) is 0 Å². The zero-order chi connectivity index (χ0) is 6.57. The maximum absolute atomic E-state index is 10.2. The Kier molecular flexibility index (Phi) is 2.51. The summed E-state index contributed by atoms with van der Waals surface area (Å²) >= 11 is 0. The number of urea groups is 1. The molecule has 0 unspecified atom stereocenters. The molecule has 2 amide bonds. The SMILES string of the molecule is CN(C)C(=O)N=C=O. The molecule has 0 bridgehead atoms. The summed E-state index contributed by atoms with van der Waals surface area (Å²) in [4.78, 5) is 23.6. The molecule has 0 aromatic carbocycles. The molecule has 0 aliphatic heterocycles. The molecule has 0 aliphatic carbocycles. The van der Waals surface area contributed by atoms with E-state index in [1.807, 2.05) is 0 Å². The Hall–Kier alpha value is -1.15. The number of hydrogen-bond acceptors (Lipinski definition) is 2. The van der Waals surface area contributed by atoms with Crippen LogP contribution in [0.3, 0.4) is 0 Å². The van der Waals surface area contributed by atoms with Gasteiger partial charge in [-0.25, -0.2) is 9.59 Å². The van der Waals surface area contributed by atoms with Gasteiger partial charge in [0.2, 0.25) is 6.08 Å². The summed E-state index contributed by atoms with van der Waals surface area (Å²) in [5.41, 5.74) is 0. The lowest BCUT2D eigenvalue weighted by molar-refractivity contribution is 0.227. The Labute approximate surface area is 46.8 Å². The van der Waals surface area contributed by atoms with Crippen LogP contribution in [-0.2, 0) is 4.79 Å². The van der Waals surface area contributed by atoms with Crippen LogP contribution >= 0.6 is 0 Å². The van der Waals surface area contributed by atoms with Gasteiger partial charge in [0.05, 0.1) is 0 Å². The van der Waals surface area contributed by atoms with Crippen molar-refractivity contribution in [2.45, 2.75) is 0 Å². The van der Waals surface area contributed by atoms with E-state index >= 15 is 0 Å². The first-order valence-electron chi connectivity index (χ1n) is 1.97. The topological polar surface area (TPSA) is 49.7 Å². The largest absolute Gasteiger partial charge is 0.353 e. The smallest absolute Gasteiger partial charge is 0.328 e. The maximum Gasteiger partial charge on any atom is 0.353 e. The number of amides is 2. The van der Waals surface area contributed by atoms with Crippen LogP contribution in [0, 0.1) is 0 Å². The van der Waals surface area contributed by atoms with Gasteiger partial charge in [-0.15, -0.1) is 4.99 Å². The molecular weight excluding hydrogens is 108 g/mol. The van der Waals surface area contributed by atoms with Crippen molar-refractivity contribution in [3.05, 3.63) is 0 Å². The highest BCUT2D eigenvalue weighted by Gasteiger charge is 1.96. The minimum absolute atomic E-state index is 0.583. The predicted molar refractivity (Wildman–Crippen MR) is 27.2 cm³/mol. The molecule has 0 radical (unpaired) electrons. The van der Waals surface area contributed by atoms with Gasteiger partial charge in [-0.3, -0.25) is 0 Å². The van der Waals surface area contributed by atoms with Gasteiger partial charge in [0, 0.05) is 14.1 Å². The summed E-state index contributed by atoms with van der Waals surface area (Å²) in [7, 11) is 3.01. The molecule has 0 aliphatic rings. The Bertz CT molecular complexity index is 135. The van der Waals surface area contributed by atoms with Gasteiger partial charge in [0.25, 0.3) is 0 Å². The van der Waals surface area contributed by atoms with Gasteiger partial charge < -0.3 is 4.90 Å². The van der Waals surface area contributed by atoms with E-state index in [0.29, 0.717) is 0 Å². The van der Waals surface area contributed by atoms with Gasteiger partial charge in [-0.2, -0.15) is 0 Å². The van der Waals surface area contributed by atoms with Crippen LogP contribution in [0.2, 0.25) is 0 Å². The molecule has 4 nitrogen and oxygen atoms in total. The average molecular weight is 114 g/mol. The Morgan fingerprint density at radius 3 is 2.25 bits per heavy atom. The number of nitrogens with zero attached hydrogens (tertiary/aromatic N) is 2. The molecule has 0 heterocycles. The number of hydrogen-bond donors (Lipinski definition) is 0. The van der Waals surface area contributed by atoms with Crippen LogP contribution in [0.15, 0.2) is 4.99 Å². The third-order valence-corrected chi connectivity index (χ3v) is 0.524. The predicted octanol–water partition coefficient (Wildman–Crippen LogP) is 0.00380. The van der Waals surface area contributed by atoms with Crippen molar-refractivity contribution >= 4 is 12.1 Å². The minimum Gasteiger partial charge on any atom is -0.328 e. The highest BCUT2D eigenvalue weighted by Crippen LogP contribution is 1.78. The summed E-state index contributed by atoms with van der Waals surface area (Å²) in [5.74, 6) is 0. The quantitative estimate of drug-likeness (QED) is 0.329. The number of rotatable bonds is 0. The molecule has 8 heavy (non-hydrogen) atoms. The van der Waals surface area contributed by atoms with E-state index < -0.39 is 6.03 Å². The van der Waals surface area contributed by atoms with E-state index in [9.17, 15) is 9.59 Å². The minimum atomic E-state index is -0.583. The van der Waals surface area contributed by atoms with Crippen LogP contribution in [0.25, 0.3) is 0 Å². The fourth-order valence-corrected chi connectivity index (χ4v) is 0.139. The van der Waals surface area contributed by atoms with Crippen molar-refractivity contribution in [1.82, 2.24) is 4.90 Å². The lowest BCUT2D eigenvalue weighted by Crippen LogP contribution is -2.16. The molecule has 44 valence electrons. The highest BCUT2D eigenvalue weighted by molar-refractivity contribution is 5.79. The van der Waals surface area contributed by atoms with Crippen molar-refractivity contribution in [2.75, 3.05) is 14.1 Å². The molecule has 0 saturated heterocycles. The molecule has 0 aromatic heterocycles. The normalized spacial score (nSPS) is 7.25. The molecule has 4 heteroatoms. The molecule has 0 atom stereocenters. The van der Waals surface area contributed by atoms with Crippen LogP contribution in [0.5, 0.6) is 0 Å². The second-order valence-electron chi connectivity index (χ2n) is 1.38. The first kappa shape index (κ1) is 6.85. The number of aliphatic imine (C=N–C) groups is 1. The molecule has 0 fully saturated rings. The lowest BCUT2D eigenvalue weighted by atomic mass is 10.8. The van der Waals surface area contributed by atoms with E-state index in [1.165, 1.54) is 19.0 Å². The van der Waals surface area contributed by atoms with Crippen LogP contribution in [-0.4, -0.2) is 31.1 Å². The van der Waals surface area contributed by atoms with E-state index in [0.717, 1.165) is 6.08 Å². The number of isocyanates is 1. The monoisotopic (exact) mass is 114 g/mol. The lowest BCUT2D eigenvalue weighted by Gasteiger charge is -2.00. The summed E-state index contributed by atoms with van der Waals surface area (Å²) in [5, 5.41) is 0. The van der Waals surface area contributed by atoms with E-state index in [4.69, 9.17) is 0 Å². The Morgan fingerprint density at radius 2 is 2.12 bits per heavy atom. The van der Waals surface area contributed by atoms with Crippen molar-refractivity contribution in [3.8, 4) is 0 Å². The molecule has 0 saturated carbocycles. The second-order valence-corrected chi connectivity index (χ2v) is 1.38. The fourth-order valence-electron chi connectivity index (χ4n) is 0.139. The number of carbonyl (C=O) groups excluding carboxylic acids is 2. The van der Waals surface area contributed by atoms with Crippen molar-refractivity contribution in [2.24, 2.45) is 4.99 Å². The summed E-state index contributed by atoms with van der Waals surface area (Å²) in [6, 6.07) is -0.583. The van der Waals surface area contributed by atoms with Gasteiger partial charge in [-0.05, 0) is 0 Å². The molecule has 0 N–H and O–H groups in total. The van der Waals surface area contributed by atoms with Gasteiger partial charge in [0.15, 0.2) is 0 Å². The Morgan fingerprint density at radius 1 is 1.62 bits per heavy atom. The van der Waals surface area contributed by atoms with Crippen LogP contribution in [0.4, 0.5) is 4.79 Å². The average Bonchev–Trinajstić information content (AvgIpc) is 1.67. The van der Waals surface area contributed by atoms with Gasteiger partial charge in [0.1, 0.15) is 0 Å². The van der Waals surface area contributed by atoms with E-state index in [1.54, 1.807) is 0 Å². The second kappa shape index (κ2) is 2.93. The summed E-state index contributed by atoms with van der Waals surface area (Å²) in [6.07, 6.45) is 1.13.